The Bertz CT molecular complexity index is 1170. The molecule has 0 N–H and O–H groups in total. The standard InChI is InChI=1S/C19H13N3S2/c1-12-7-8-14-15(11-12)24-18(20-14)17-16(13-5-3-2-4-6-13)21-19-22(17)9-10-23-19/h2-11H,1H3. The minimum atomic E-state index is 0.998. The smallest absolute Gasteiger partial charge is 0.194 e. The fraction of sp³-hybridized carbons (Fsp3) is 0.0526. The Morgan fingerprint density at radius 2 is 1.88 bits per heavy atom. The van der Waals surface area contributed by atoms with E-state index in [0.29, 0.717) is 0 Å². The molecule has 0 aliphatic heterocycles. The van der Waals surface area contributed by atoms with Gasteiger partial charge in [0.15, 0.2) is 4.96 Å². The molecule has 0 unspecified atom stereocenters. The first-order valence-electron chi connectivity index (χ1n) is 7.68. The summed E-state index contributed by atoms with van der Waals surface area (Å²) in [6.07, 6.45) is 2.08. The summed E-state index contributed by atoms with van der Waals surface area (Å²) in [6.45, 7) is 2.12. The number of hydrogen-bond acceptors (Lipinski definition) is 4. The highest BCUT2D eigenvalue weighted by molar-refractivity contribution is 7.21. The molecule has 3 heterocycles. The average molecular weight is 347 g/mol. The van der Waals surface area contributed by atoms with Gasteiger partial charge < -0.3 is 0 Å². The first kappa shape index (κ1) is 13.9. The molecule has 2 aromatic carbocycles. The second-order valence-corrected chi connectivity index (χ2v) is 7.62. The zero-order chi connectivity index (χ0) is 16.1. The number of fused-ring (bicyclic) bond motifs is 2. The van der Waals surface area contributed by atoms with E-state index in [9.17, 15) is 0 Å². The van der Waals surface area contributed by atoms with E-state index in [1.54, 1.807) is 22.7 Å². The van der Waals surface area contributed by atoms with Gasteiger partial charge in [-0.3, -0.25) is 4.40 Å². The maximum atomic E-state index is 4.87. The van der Waals surface area contributed by atoms with Crippen LogP contribution in [0.4, 0.5) is 0 Å². The molecule has 0 radical (unpaired) electrons. The Balaban J connectivity index is 1.82. The third kappa shape index (κ3) is 2.09. The topological polar surface area (TPSA) is 30.2 Å². The number of hydrogen-bond donors (Lipinski definition) is 0. The lowest BCUT2D eigenvalue weighted by molar-refractivity contribution is 1.23. The van der Waals surface area contributed by atoms with E-state index in [1.165, 1.54) is 10.3 Å². The van der Waals surface area contributed by atoms with Crippen molar-refractivity contribution < 1.29 is 0 Å². The number of aryl methyl sites for hydroxylation is 1. The van der Waals surface area contributed by atoms with Gasteiger partial charge in [-0.05, 0) is 24.6 Å². The van der Waals surface area contributed by atoms with Crippen molar-refractivity contribution in [2.24, 2.45) is 0 Å². The van der Waals surface area contributed by atoms with Crippen molar-refractivity contribution in [3.05, 3.63) is 65.7 Å². The van der Waals surface area contributed by atoms with Crippen LogP contribution in [0.5, 0.6) is 0 Å². The SMILES string of the molecule is Cc1ccc2nc(-c3c(-c4ccccc4)nc4sccn34)sc2c1. The first-order chi connectivity index (χ1) is 11.8. The molecule has 0 bridgehead atoms. The molecule has 116 valence electrons. The zero-order valence-electron chi connectivity index (χ0n) is 12.9. The van der Waals surface area contributed by atoms with E-state index >= 15 is 0 Å². The first-order valence-corrected chi connectivity index (χ1v) is 9.38. The summed E-state index contributed by atoms with van der Waals surface area (Å²) in [5, 5.41) is 3.08. The highest BCUT2D eigenvalue weighted by atomic mass is 32.1. The third-order valence-electron chi connectivity index (χ3n) is 4.06. The summed E-state index contributed by atoms with van der Waals surface area (Å²) in [7, 11) is 0. The molecule has 0 atom stereocenters. The molecule has 0 saturated heterocycles. The van der Waals surface area contributed by atoms with E-state index < -0.39 is 0 Å². The van der Waals surface area contributed by atoms with E-state index in [2.05, 4.69) is 53.2 Å². The molecule has 5 heteroatoms. The number of benzene rings is 2. The number of imidazole rings is 1. The van der Waals surface area contributed by atoms with Gasteiger partial charge in [-0.15, -0.1) is 22.7 Å². The lowest BCUT2D eigenvalue weighted by atomic mass is 10.1. The summed E-state index contributed by atoms with van der Waals surface area (Å²) in [6, 6.07) is 16.7. The summed E-state index contributed by atoms with van der Waals surface area (Å²) in [4.78, 5) is 10.7. The summed E-state index contributed by atoms with van der Waals surface area (Å²) in [5.41, 5.74) is 5.51. The van der Waals surface area contributed by atoms with Gasteiger partial charge in [0.25, 0.3) is 0 Å². The van der Waals surface area contributed by atoms with Crippen LogP contribution in [0.15, 0.2) is 60.1 Å². The van der Waals surface area contributed by atoms with E-state index in [-0.39, 0.29) is 0 Å². The summed E-state index contributed by atoms with van der Waals surface area (Å²) in [5.74, 6) is 0. The highest BCUT2D eigenvalue weighted by Crippen LogP contribution is 2.38. The summed E-state index contributed by atoms with van der Waals surface area (Å²) < 4.78 is 3.37. The molecule has 0 aliphatic rings. The molecular weight excluding hydrogens is 334 g/mol. The number of aromatic nitrogens is 3. The lowest BCUT2D eigenvalue weighted by Gasteiger charge is -2.01. The van der Waals surface area contributed by atoms with Crippen LogP contribution in [-0.2, 0) is 0 Å². The fourth-order valence-corrected chi connectivity index (χ4v) is 4.74. The number of nitrogens with zero attached hydrogens (tertiary/aromatic N) is 3. The second kappa shape index (κ2) is 5.26. The van der Waals surface area contributed by atoms with Crippen LogP contribution >= 0.6 is 22.7 Å². The molecular formula is C19H13N3S2. The van der Waals surface area contributed by atoms with Gasteiger partial charge >= 0.3 is 0 Å². The normalized spacial score (nSPS) is 11.5. The van der Waals surface area contributed by atoms with Crippen molar-refractivity contribution in [2.45, 2.75) is 6.92 Å². The molecule has 3 nitrogen and oxygen atoms in total. The molecule has 0 fully saturated rings. The van der Waals surface area contributed by atoms with Gasteiger partial charge in [-0.25, -0.2) is 9.97 Å². The Labute approximate surface area is 146 Å². The van der Waals surface area contributed by atoms with E-state index in [4.69, 9.17) is 9.97 Å². The minimum Gasteiger partial charge on any atom is -0.287 e. The van der Waals surface area contributed by atoms with E-state index in [0.717, 1.165) is 32.4 Å². The molecule has 0 spiro atoms. The van der Waals surface area contributed by atoms with Crippen molar-refractivity contribution in [1.82, 2.24) is 14.4 Å². The number of rotatable bonds is 2. The predicted octanol–water partition coefficient (Wildman–Crippen LogP) is 5.65. The van der Waals surface area contributed by atoms with Crippen molar-refractivity contribution in [3.8, 4) is 22.0 Å². The highest BCUT2D eigenvalue weighted by Gasteiger charge is 2.19. The molecule has 24 heavy (non-hydrogen) atoms. The van der Waals surface area contributed by atoms with Crippen LogP contribution < -0.4 is 0 Å². The van der Waals surface area contributed by atoms with Gasteiger partial charge in [0.1, 0.15) is 16.4 Å². The molecule has 0 aliphatic carbocycles. The van der Waals surface area contributed by atoms with E-state index in [1.807, 2.05) is 18.2 Å². The van der Waals surface area contributed by atoms with Crippen LogP contribution in [-0.4, -0.2) is 14.4 Å². The van der Waals surface area contributed by atoms with Crippen molar-refractivity contribution in [3.63, 3.8) is 0 Å². The van der Waals surface area contributed by atoms with Crippen LogP contribution in [0.25, 0.3) is 37.1 Å². The molecule has 0 amide bonds. The largest absolute Gasteiger partial charge is 0.287 e. The quantitative estimate of drug-likeness (QED) is 0.413. The Morgan fingerprint density at radius 3 is 2.75 bits per heavy atom. The van der Waals surface area contributed by atoms with Gasteiger partial charge in [-0.1, -0.05) is 36.4 Å². The second-order valence-electron chi connectivity index (χ2n) is 5.72. The molecule has 3 aromatic heterocycles. The number of thiazole rings is 2. The van der Waals surface area contributed by atoms with Crippen molar-refractivity contribution >= 4 is 37.9 Å². The molecule has 5 rings (SSSR count). The maximum absolute atomic E-state index is 4.87. The maximum Gasteiger partial charge on any atom is 0.194 e. The Kier molecular flexibility index (Phi) is 3.04. The third-order valence-corrected chi connectivity index (χ3v) is 5.84. The lowest BCUT2D eigenvalue weighted by Crippen LogP contribution is -1.86. The van der Waals surface area contributed by atoms with Gasteiger partial charge in [-0.2, -0.15) is 0 Å². The predicted molar refractivity (Wildman–Crippen MR) is 102 cm³/mol. The van der Waals surface area contributed by atoms with Crippen LogP contribution in [0.3, 0.4) is 0 Å². The minimum absolute atomic E-state index is 0.998. The molecule has 0 saturated carbocycles. The van der Waals surface area contributed by atoms with Crippen molar-refractivity contribution in [1.29, 1.82) is 0 Å². The van der Waals surface area contributed by atoms with Crippen LogP contribution in [0.1, 0.15) is 5.56 Å². The average Bonchev–Trinajstić information content (AvgIpc) is 3.28. The van der Waals surface area contributed by atoms with Gasteiger partial charge in [0.05, 0.1) is 10.2 Å². The molecule has 5 aromatic rings. The Hall–Kier alpha value is -2.50. The van der Waals surface area contributed by atoms with Crippen molar-refractivity contribution in [2.75, 3.05) is 0 Å². The van der Waals surface area contributed by atoms with Crippen LogP contribution in [0, 0.1) is 6.92 Å². The van der Waals surface area contributed by atoms with Gasteiger partial charge in [0, 0.05) is 17.1 Å². The van der Waals surface area contributed by atoms with Gasteiger partial charge in [0.2, 0.25) is 0 Å². The zero-order valence-corrected chi connectivity index (χ0v) is 14.6. The Morgan fingerprint density at radius 1 is 1.00 bits per heavy atom. The monoisotopic (exact) mass is 347 g/mol. The van der Waals surface area contributed by atoms with Crippen LogP contribution in [0.2, 0.25) is 0 Å². The summed E-state index contributed by atoms with van der Waals surface area (Å²) >= 11 is 3.38. The fourth-order valence-electron chi connectivity index (χ4n) is 2.92.